The zero-order chi connectivity index (χ0) is 7.42. The maximum atomic E-state index is 11.4. The molecule has 60 valence electrons. The number of carbonyl (C=O) groups is 1. The molecule has 3 saturated carbocycles. The second kappa shape index (κ2) is 1.88. The summed E-state index contributed by atoms with van der Waals surface area (Å²) in [6, 6.07) is 0. The van der Waals surface area contributed by atoms with E-state index in [4.69, 9.17) is 0 Å². The van der Waals surface area contributed by atoms with E-state index in [0.29, 0.717) is 11.7 Å². The maximum Gasteiger partial charge on any atom is 0.136 e. The van der Waals surface area contributed by atoms with Crippen LogP contribution in [0.3, 0.4) is 0 Å². The zero-order valence-electron chi connectivity index (χ0n) is 6.75. The molecule has 3 unspecified atom stereocenters. The van der Waals surface area contributed by atoms with Crippen LogP contribution >= 0.6 is 0 Å². The van der Waals surface area contributed by atoms with Crippen molar-refractivity contribution < 1.29 is 4.79 Å². The van der Waals surface area contributed by atoms with Crippen molar-refractivity contribution >= 4 is 5.78 Å². The van der Waals surface area contributed by atoms with Gasteiger partial charge in [-0.15, -0.1) is 0 Å². The molecule has 0 N–H and O–H groups in total. The molecule has 1 heteroatoms. The van der Waals surface area contributed by atoms with Gasteiger partial charge in [0.1, 0.15) is 5.78 Å². The number of fused-ring (bicyclic) bond motifs is 1. The van der Waals surface area contributed by atoms with Gasteiger partial charge in [-0.2, -0.15) is 0 Å². The molecule has 11 heavy (non-hydrogen) atoms. The van der Waals surface area contributed by atoms with Gasteiger partial charge in [-0.05, 0) is 43.4 Å². The maximum absolute atomic E-state index is 11.4. The molecule has 3 aliphatic carbocycles. The van der Waals surface area contributed by atoms with Crippen LogP contribution in [-0.4, -0.2) is 5.78 Å². The summed E-state index contributed by atoms with van der Waals surface area (Å²) in [6.07, 6.45) is 6.34. The van der Waals surface area contributed by atoms with E-state index in [-0.39, 0.29) is 0 Å². The minimum absolute atomic E-state index is 0.544. The van der Waals surface area contributed by atoms with Crippen molar-refractivity contribution in [2.24, 2.45) is 23.7 Å². The molecule has 0 bridgehead atoms. The summed E-state index contributed by atoms with van der Waals surface area (Å²) in [5.41, 5.74) is 0. The second-order valence-electron chi connectivity index (χ2n) is 4.53. The Morgan fingerprint density at radius 2 is 1.91 bits per heavy atom. The number of Topliss-reactive ketones (excluding diaryl/α,β-unsaturated/α-hetero) is 1. The highest BCUT2D eigenvalue weighted by molar-refractivity contribution is 5.84. The average molecular weight is 150 g/mol. The van der Waals surface area contributed by atoms with Crippen LogP contribution in [0, 0.1) is 23.7 Å². The first-order valence-electron chi connectivity index (χ1n) is 4.89. The van der Waals surface area contributed by atoms with Crippen molar-refractivity contribution in [1.29, 1.82) is 0 Å². The lowest BCUT2D eigenvalue weighted by Crippen LogP contribution is -2.37. The van der Waals surface area contributed by atoms with Gasteiger partial charge < -0.3 is 0 Å². The summed E-state index contributed by atoms with van der Waals surface area (Å²) in [7, 11) is 0. The molecule has 0 heterocycles. The van der Waals surface area contributed by atoms with Gasteiger partial charge in [0.15, 0.2) is 0 Å². The van der Waals surface area contributed by atoms with E-state index >= 15 is 0 Å². The first-order valence-corrected chi connectivity index (χ1v) is 4.89. The molecule has 0 spiro atoms. The Labute approximate surface area is 67.2 Å². The quantitative estimate of drug-likeness (QED) is 0.559. The van der Waals surface area contributed by atoms with E-state index in [1.807, 2.05) is 0 Å². The summed E-state index contributed by atoms with van der Waals surface area (Å²) >= 11 is 0. The van der Waals surface area contributed by atoms with Gasteiger partial charge in [0.2, 0.25) is 0 Å². The Balaban J connectivity index is 1.77. The van der Waals surface area contributed by atoms with Gasteiger partial charge in [-0.25, -0.2) is 0 Å². The molecule has 3 fully saturated rings. The van der Waals surface area contributed by atoms with E-state index in [9.17, 15) is 4.79 Å². The van der Waals surface area contributed by atoms with Crippen molar-refractivity contribution in [3.63, 3.8) is 0 Å². The van der Waals surface area contributed by atoms with Gasteiger partial charge >= 0.3 is 0 Å². The minimum atomic E-state index is 0.544. The largest absolute Gasteiger partial charge is 0.299 e. The van der Waals surface area contributed by atoms with Gasteiger partial charge in [-0.1, -0.05) is 0 Å². The summed E-state index contributed by atoms with van der Waals surface area (Å²) in [5.74, 6) is 3.78. The second-order valence-corrected chi connectivity index (χ2v) is 4.53. The zero-order valence-corrected chi connectivity index (χ0v) is 6.75. The van der Waals surface area contributed by atoms with Gasteiger partial charge in [-0.3, -0.25) is 4.79 Å². The molecule has 3 rings (SSSR count). The summed E-state index contributed by atoms with van der Waals surface area (Å²) < 4.78 is 0. The van der Waals surface area contributed by atoms with Crippen LogP contribution in [0.4, 0.5) is 0 Å². The van der Waals surface area contributed by atoms with Gasteiger partial charge in [0.25, 0.3) is 0 Å². The van der Waals surface area contributed by atoms with Crippen molar-refractivity contribution in [3.05, 3.63) is 0 Å². The third kappa shape index (κ3) is 0.743. The monoisotopic (exact) mass is 150 g/mol. The molecule has 1 nitrogen and oxygen atoms in total. The SMILES string of the molecule is O=C1CCC2CC(C3CC3)C12. The van der Waals surface area contributed by atoms with Crippen LogP contribution in [0.2, 0.25) is 0 Å². The first-order chi connectivity index (χ1) is 5.36. The highest BCUT2D eigenvalue weighted by Crippen LogP contribution is 2.57. The third-order valence-corrected chi connectivity index (χ3v) is 3.90. The molecule has 0 amide bonds. The topological polar surface area (TPSA) is 17.1 Å². The van der Waals surface area contributed by atoms with Gasteiger partial charge in [0, 0.05) is 12.3 Å². The Morgan fingerprint density at radius 1 is 1.09 bits per heavy atom. The lowest BCUT2D eigenvalue weighted by atomic mass is 9.64. The fourth-order valence-corrected chi connectivity index (χ4v) is 3.10. The fraction of sp³-hybridized carbons (Fsp3) is 0.900. The lowest BCUT2D eigenvalue weighted by molar-refractivity contribution is -0.126. The minimum Gasteiger partial charge on any atom is -0.299 e. The number of ketones is 1. The van der Waals surface area contributed by atoms with E-state index < -0.39 is 0 Å². The van der Waals surface area contributed by atoms with Crippen LogP contribution < -0.4 is 0 Å². The molecule has 0 aromatic carbocycles. The number of rotatable bonds is 1. The van der Waals surface area contributed by atoms with E-state index in [2.05, 4.69) is 0 Å². The molecule has 0 saturated heterocycles. The Morgan fingerprint density at radius 3 is 2.55 bits per heavy atom. The van der Waals surface area contributed by atoms with E-state index in [1.54, 1.807) is 0 Å². The van der Waals surface area contributed by atoms with Gasteiger partial charge in [0.05, 0.1) is 0 Å². The summed E-state index contributed by atoms with van der Waals surface area (Å²) in [6.45, 7) is 0. The van der Waals surface area contributed by atoms with Crippen molar-refractivity contribution in [3.8, 4) is 0 Å². The molecular weight excluding hydrogens is 136 g/mol. The number of hydrogen-bond donors (Lipinski definition) is 0. The third-order valence-electron chi connectivity index (χ3n) is 3.90. The number of carbonyl (C=O) groups excluding carboxylic acids is 1. The van der Waals surface area contributed by atoms with Crippen LogP contribution in [0.15, 0.2) is 0 Å². The van der Waals surface area contributed by atoms with Crippen molar-refractivity contribution in [1.82, 2.24) is 0 Å². The van der Waals surface area contributed by atoms with Crippen LogP contribution in [-0.2, 0) is 4.79 Å². The Hall–Kier alpha value is -0.330. The van der Waals surface area contributed by atoms with Crippen LogP contribution in [0.5, 0.6) is 0 Å². The Kier molecular flexibility index (Phi) is 1.06. The molecule has 3 atom stereocenters. The van der Waals surface area contributed by atoms with Crippen LogP contribution in [0.1, 0.15) is 32.1 Å². The Bertz CT molecular complexity index is 205. The number of hydrogen-bond acceptors (Lipinski definition) is 1. The molecule has 3 aliphatic rings. The predicted molar refractivity (Wildman–Crippen MR) is 42.1 cm³/mol. The molecular formula is C10H14O. The summed E-state index contributed by atoms with van der Waals surface area (Å²) in [4.78, 5) is 11.4. The molecule has 0 aromatic rings. The highest BCUT2D eigenvalue weighted by Gasteiger charge is 2.53. The normalized spacial score (nSPS) is 48.7. The van der Waals surface area contributed by atoms with E-state index in [1.165, 1.54) is 25.7 Å². The molecule has 0 radical (unpaired) electrons. The van der Waals surface area contributed by atoms with Crippen molar-refractivity contribution in [2.45, 2.75) is 32.1 Å². The van der Waals surface area contributed by atoms with Crippen LogP contribution in [0.25, 0.3) is 0 Å². The predicted octanol–water partition coefficient (Wildman–Crippen LogP) is 2.01. The summed E-state index contributed by atoms with van der Waals surface area (Å²) in [5, 5.41) is 0. The molecule has 0 aliphatic heterocycles. The smallest absolute Gasteiger partial charge is 0.136 e. The highest BCUT2D eigenvalue weighted by atomic mass is 16.1. The average Bonchev–Trinajstić information content (AvgIpc) is 2.63. The van der Waals surface area contributed by atoms with E-state index in [0.717, 1.165) is 24.2 Å². The fourth-order valence-electron chi connectivity index (χ4n) is 3.10. The first kappa shape index (κ1) is 6.22. The van der Waals surface area contributed by atoms with Crippen molar-refractivity contribution in [2.75, 3.05) is 0 Å². The molecule has 0 aromatic heterocycles. The standard InChI is InChI=1S/C10H14O/c11-9-4-3-7-5-8(10(7)9)6-1-2-6/h6-8,10H,1-5H2. The lowest BCUT2D eigenvalue weighted by Gasteiger charge is -2.39.